The van der Waals surface area contributed by atoms with Crippen LogP contribution in [0.4, 0.5) is 0 Å². The fourth-order valence-electron chi connectivity index (χ4n) is 4.08. The SMILES string of the molecule is O=C(C1CCCC1)N1CCCC(c2cc(=O)[nH]c(-c3cnccn3)n2)C1. The summed E-state index contributed by atoms with van der Waals surface area (Å²) in [7, 11) is 0. The third kappa shape index (κ3) is 3.52. The van der Waals surface area contributed by atoms with Crippen LogP contribution in [0.25, 0.3) is 11.5 Å². The van der Waals surface area contributed by atoms with Crippen LogP contribution in [0.3, 0.4) is 0 Å². The van der Waals surface area contributed by atoms with E-state index in [1.165, 1.54) is 0 Å². The predicted molar refractivity (Wildman–Crippen MR) is 96.4 cm³/mol. The van der Waals surface area contributed by atoms with Crippen molar-refractivity contribution in [1.82, 2.24) is 24.8 Å². The second-order valence-corrected chi connectivity index (χ2v) is 7.21. The zero-order chi connectivity index (χ0) is 17.9. The number of likely N-dealkylation sites (tertiary alicyclic amines) is 1. The molecule has 2 fully saturated rings. The first-order chi connectivity index (χ1) is 12.7. The molecule has 1 aliphatic carbocycles. The number of carbonyl (C=O) groups excluding carboxylic acids is 1. The van der Waals surface area contributed by atoms with Gasteiger partial charge in [-0.1, -0.05) is 12.8 Å². The predicted octanol–water partition coefficient (Wildman–Crippen LogP) is 2.12. The largest absolute Gasteiger partial charge is 0.342 e. The molecule has 2 aromatic rings. The van der Waals surface area contributed by atoms with E-state index >= 15 is 0 Å². The Morgan fingerprint density at radius 2 is 2.00 bits per heavy atom. The van der Waals surface area contributed by atoms with E-state index in [1.807, 2.05) is 4.90 Å². The van der Waals surface area contributed by atoms with Gasteiger partial charge < -0.3 is 9.88 Å². The smallest absolute Gasteiger partial charge is 0.251 e. The van der Waals surface area contributed by atoms with Crippen LogP contribution in [0.5, 0.6) is 0 Å². The molecule has 7 heteroatoms. The third-order valence-electron chi connectivity index (χ3n) is 5.42. The molecule has 1 atom stereocenters. The Labute approximate surface area is 151 Å². The molecular formula is C19H23N5O2. The van der Waals surface area contributed by atoms with E-state index in [2.05, 4.69) is 19.9 Å². The highest BCUT2D eigenvalue weighted by atomic mass is 16.2. The van der Waals surface area contributed by atoms with Crippen molar-refractivity contribution < 1.29 is 4.79 Å². The van der Waals surface area contributed by atoms with Crippen molar-refractivity contribution in [1.29, 1.82) is 0 Å². The summed E-state index contributed by atoms with van der Waals surface area (Å²) in [6.07, 6.45) is 11.0. The van der Waals surface area contributed by atoms with Crippen LogP contribution >= 0.6 is 0 Å². The fourth-order valence-corrected chi connectivity index (χ4v) is 4.08. The van der Waals surface area contributed by atoms with E-state index < -0.39 is 0 Å². The Kier molecular flexibility index (Phi) is 4.77. The summed E-state index contributed by atoms with van der Waals surface area (Å²) >= 11 is 0. The van der Waals surface area contributed by atoms with Gasteiger partial charge in [-0.25, -0.2) is 9.97 Å². The van der Waals surface area contributed by atoms with Gasteiger partial charge in [0.1, 0.15) is 5.69 Å². The van der Waals surface area contributed by atoms with Crippen LogP contribution in [0.2, 0.25) is 0 Å². The number of piperidine rings is 1. The van der Waals surface area contributed by atoms with E-state index in [0.29, 0.717) is 18.1 Å². The normalized spacial score (nSPS) is 21.1. The Balaban J connectivity index is 1.56. The number of aromatic amines is 1. The second-order valence-electron chi connectivity index (χ2n) is 7.21. The minimum atomic E-state index is -0.199. The molecule has 0 bridgehead atoms. The van der Waals surface area contributed by atoms with Gasteiger partial charge in [-0.2, -0.15) is 0 Å². The summed E-state index contributed by atoms with van der Waals surface area (Å²) in [5, 5.41) is 0. The first-order valence-corrected chi connectivity index (χ1v) is 9.37. The maximum Gasteiger partial charge on any atom is 0.251 e. The molecule has 136 valence electrons. The maximum atomic E-state index is 12.8. The average Bonchev–Trinajstić information content (AvgIpc) is 3.22. The minimum absolute atomic E-state index is 0.0897. The van der Waals surface area contributed by atoms with E-state index in [4.69, 9.17) is 0 Å². The number of hydrogen-bond donors (Lipinski definition) is 1. The van der Waals surface area contributed by atoms with Gasteiger partial charge >= 0.3 is 0 Å². The third-order valence-corrected chi connectivity index (χ3v) is 5.42. The quantitative estimate of drug-likeness (QED) is 0.912. The van der Waals surface area contributed by atoms with Gasteiger partial charge in [0.05, 0.1) is 11.9 Å². The number of amides is 1. The van der Waals surface area contributed by atoms with Crippen molar-refractivity contribution in [2.24, 2.45) is 5.92 Å². The number of nitrogens with one attached hydrogen (secondary N) is 1. The first kappa shape index (κ1) is 16.9. The summed E-state index contributed by atoms with van der Waals surface area (Å²) in [5.41, 5.74) is 1.08. The molecule has 1 aliphatic heterocycles. The van der Waals surface area contributed by atoms with Crippen LogP contribution in [0.15, 0.2) is 29.5 Å². The summed E-state index contributed by atoms with van der Waals surface area (Å²) in [5.74, 6) is 0.994. The first-order valence-electron chi connectivity index (χ1n) is 9.37. The van der Waals surface area contributed by atoms with Crippen LogP contribution in [0, 0.1) is 5.92 Å². The van der Waals surface area contributed by atoms with E-state index in [1.54, 1.807) is 24.7 Å². The summed E-state index contributed by atoms with van der Waals surface area (Å²) in [4.78, 5) is 42.5. The van der Waals surface area contributed by atoms with Crippen LogP contribution in [-0.2, 0) is 4.79 Å². The number of hydrogen-bond acceptors (Lipinski definition) is 5. The van der Waals surface area contributed by atoms with E-state index in [-0.39, 0.29) is 23.3 Å². The lowest BCUT2D eigenvalue weighted by Crippen LogP contribution is -2.42. The second kappa shape index (κ2) is 7.35. The molecule has 4 rings (SSSR count). The lowest BCUT2D eigenvalue weighted by atomic mass is 9.93. The van der Waals surface area contributed by atoms with Crippen LogP contribution in [0.1, 0.15) is 50.1 Å². The highest BCUT2D eigenvalue weighted by molar-refractivity contribution is 5.79. The molecule has 26 heavy (non-hydrogen) atoms. The van der Waals surface area contributed by atoms with Gasteiger partial charge in [0.2, 0.25) is 5.91 Å². The van der Waals surface area contributed by atoms with E-state index in [9.17, 15) is 9.59 Å². The number of H-pyrrole nitrogens is 1. The summed E-state index contributed by atoms with van der Waals surface area (Å²) < 4.78 is 0. The molecule has 0 aromatic carbocycles. The van der Waals surface area contributed by atoms with Crippen molar-refractivity contribution in [2.45, 2.75) is 44.4 Å². The van der Waals surface area contributed by atoms with Gasteiger partial charge in [0.25, 0.3) is 5.56 Å². The van der Waals surface area contributed by atoms with Crippen molar-refractivity contribution >= 4 is 5.91 Å². The molecular weight excluding hydrogens is 330 g/mol. The fraction of sp³-hybridized carbons (Fsp3) is 0.526. The van der Waals surface area contributed by atoms with Gasteiger partial charge in [-0.15, -0.1) is 0 Å². The molecule has 1 saturated heterocycles. The van der Waals surface area contributed by atoms with Gasteiger partial charge in [0.15, 0.2) is 5.82 Å². The van der Waals surface area contributed by atoms with Gasteiger partial charge in [-0.05, 0) is 25.7 Å². The molecule has 2 aromatic heterocycles. The van der Waals surface area contributed by atoms with Crippen LogP contribution in [-0.4, -0.2) is 43.8 Å². The lowest BCUT2D eigenvalue weighted by Gasteiger charge is -2.34. The molecule has 0 spiro atoms. The van der Waals surface area contributed by atoms with Crippen molar-refractivity contribution in [2.75, 3.05) is 13.1 Å². The number of aromatic nitrogens is 4. The summed E-state index contributed by atoms with van der Waals surface area (Å²) in [6, 6.07) is 1.55. The Hall–Kier alpha value is -2.57. The van der Waals surface area contributed by atoms with Crippen LogP contribution < -0.4 is 5.56 Å². The number of rotatable bonds is 3. The molecule has 1 amide bonds. The highest BCUT2D eigenvalue weighted by Crippen LogP contribution is 2.31. The average molecular weight is 353 g/mol. The topological polar surface area (TPSA) is 91.8 Å². The monoisotopic (exact) mass is 353 g/mol. The number of nitrogens with zero attached hydrogens (tertiary/aromatic N) is 4. The van der Waals surface area contributed by atoms with Gasteiger partial charge in [0, 0.05) is 43.4 Å². The van der Waals surface area contributed by atoms with Gasteiger partial charge in [-0.3, -0.25) is 14.6 Å². The molecule has 3 heterocycles. The maximum absolute atomic E-state index is 12.8. The Morgan fingerprint density at radius 3 is 2.77 bits per heavy atom. The highest BCUT2D eigenvalue weighted by Gasteiger charge is 2.31. The standard InChI is InChI=1S/C19H23N5O2/c25-17-10-15(22-18(23-17)16-11-20-7-8-21-16)14-6-3-9-24(12-14)19(26)13-4-1-2-5-13/h7-8,10-11,13-14H,1-6,9,12H2,(H,22,23,25). The zero-order valence-corrected chi connectivity index (χ0v) is 14.7. The van der Waals surface area contributed by atoms with E-state index in [0.717, 1.165) is 50.8 Å². The number of carbonyl (C=O) groups is 1. The van der Waals surface area contributed by atoms with Crippen molar-refractivity contribution in [3.63, 3.8) is 0 Å². The Bertz CT molecular complexity index is 829. The lowest BCUT2D eigenvalue weighted by molar-refractivity contribution is -0.136. The molecule has 1 N–H and O–H groups in total. The van der Waals surface area contributed by atoms with Crippen molar-refractivity contribution in [3.8, 4) is 11.5 Å². The molecule has 7 nitrogen and oxygen atoms in total. The Morgan fingerprint density at radius 1 is 1.15 bits per heavy atom. The zero-order valence-electron chi connectivity index (χ0n) is 14.7. The molecule has 2 aliphatic rings. The minimum Gasteiger partial charge on any atom is -0.342 e. The molecule has 1 unspecified atom stereocenters. The summed E-state index contributed by atoms with van der Waals surface area (Å²) in [6.45, 7) is 1.46. The molecule has 1 saturated carbocycles. The van der Waals surface area contributed by atoms with Crippen molar-refractivity contribution in [3.05, 3.63) is 40.7 Å². The molecule has 0 radical (unpaired) electrons.